The lowest BCUT2D eigenvalue weighted by Crippen LogP contribution is -2.19. The lowest BCUT2D eigenvalue weighted by molar-refractivity contribution is -0.144. The van der Waals surface area contributed by atoms with Crippen molar-refractivity contribution in [2.75, 3.05) is 19.0 Å². The molecule has 7 nitrogen and oxygen atoms in total. The van der Waals surface area contributed by atoms with Crippen LogP contribution in [-0.2, 0) is 19.1 Å². The second kappa shape index (κ2) is 7.13. The van der Waals surface area contributed by atoms with Crippen LogP contribution in [0.2, 0.25) is 0 Å². The van der Waals surface area contributed by atoms with Crippen molar-refractivity contribution >= 4 is 23.5 Å². The van der Waals surface area contributed by atoms with Crippen LogP contribution >= 0.6 is 0 Å². The molecule has 20 heavy (non-hydrogen) atoms. The molecule has 0 aliphatic rings. The molecular formula is C13H15NO6. The van der Waals surface area contributed by atoms with Gasteiger partial charge in [0.2, 0.25) is 0 Å². The molecule has 7 heteroatoms. The Balaban J connectivity index is 2.74. The molecule has 0 unspecified atom stereocenters. The van der Waals surface area contributed by atoms with Gasteiger partial charge < -0.3 is 19.5 Å². The zero-order valence-corrected chi connectivity index (χ0v) is 11.4. The number of carbonyl (C=O) groups excluding carboxylic acids is 3. The Morgan fingerprint density at radius 1 is 1.10 bits per heavy atom. The maximum absolute atomic E-state index is 11.5. The molecular weight excluding hydrogens is 266 g/mol. The van der Waals surface area contributed by atoms with E-state index in [2.05, 4.69) is 10.1 Å². The molecule has 0 aliphatic carbocycles. The van der Waals surface area contributed by atoms with Gasteiger partial charge in [0.15, 0.2) is 18.1 Å². The van der Waals surface area contributed by atoms with E-state index in [1.165, 1.54) is 39.2 Å². The summed E-state index contributed by atoms with van der Waals surface area (Å²) >= 11 is 0. The highest BCUT2D eigenvalue weighted by atomic mass is 16.6. The summed E-state index contributed by atoms with van der Waals surface area (Å²) < 4.78 is 14.5. The van der Waals surface area contributed by atoms with Crippen LogP contribution in [0.3, 0.4) is 0 Å². The molecule has 0 bridgehead atoms. The highest BCUT2D eigenvalue weighted by Gasteiger charge is 2.10. The Morgan fingerprint density at radius 3 is 2.35 bits per heavy atom. The normalized spacial score (nSPS) is 9.55. The van der Waals surface area contributed by atoms with Crippen LogP contribution in [-0.4, -0.2) is 31.6 Å². The van der Waals surface area contributed by atoms with Crippen molar-refractivity contribution < 1.29 is 28.6 Å². The first-order valence-electron chi connectivity index (χ1n) is 5.72. The van der Waals surface area contributed by atoms with Crippen LogP contribution in [0, 0.1) is 0 Å². The van der Waals surface area contributed by atoms with Gasteiger partial charge in [0.1, 0.15) is 0 Å². The second-order valence-electron chi connectivity index (χ2n) is 3.79. The second-order valence-corrected chi connectivity index (χ2v) is 3.79. The zero-order chi connectivity index (χ0) is 15.1. The minimum Gasteiger partial charge on any atom is -0.493 e. The summed E-state index contributed by atoms with van der Waals surface area (Å²) in [5.41, 5.74) is 0.426. The van der Waals surface area contributed by atoms with Crippen molar-refractivity contribution in [2.45, 2.75) is 13.8 Å². The number of hydrogen-bond acceptors (Lipinski definition) is 6. The minimum atomic E-state index is -0.539. The van der Waals surface area contributed by atoms with Gasteiger partial charge in [0, 0.05) is 25.6 Å². The van der Waals surface area contributed by atoms with Crippen molar-refractivity contribution in [3.05, 3.63) is 18.2 Å². The van der Waals surface area contributed by atoms with Gasteiger partial charge in [-0.05, 0) is 12.1 Å². The molecule has 0 saturated carbocycles. The highest BCUT2D eigenvalue weighted by molar-refractivity contribution is 5.93. The molecule has 1 N–H and O–H groups in total. The van der Waals surface area contributed by atoms with Gasteiger partial charge in [0.05, 0.1) is 7.11 Å². The van der Waals surface area contributed by atoms with Crippen LogP contribution in [0.15, 0.2) is 18.2 Å². The van der Waals surface area contributed by atoms with E-state index in [1.54, 1.807) is 0 Å². The molecule has 108 valence electrons. The van der Waals surface area contributed by atoms with Crippen molar-refractivity contribution in [1.29, 1.82) is 0 Å². The fourth-order valence-corrected chi connectivity index (χ4v) is 1.35. The minimum absolute atomic E-state index is 0.248. The van der Waals surface area contributed by atoms with E-state index < -0.39 is 17.8 Å². The van der Waals surface area contributed by atoms with Crippen molar-refractivity contribution in [1.82, 2.24) is 0 Å². The summed E-state index contributed by atoms with van der Waals surface area (Å²) in [5, 5.41) is 2.52. The van der Waals surface area contributed by atoms with Crippen LogP contribution < -0.4 is 14.8 Å². The number of methoxy groups -OCH3 is 1. The first-order valence-corrected chi connectivity index (χ1v) is 5.72. The Bertz CT molecular complexity index is 526. The third kappa shape index (κ3) is 4.97. The SMILES string of the molecule is COc1cc(NC(=O)COC(C)=O)ccc1OC(C)=O. The predicted octanol–water partition coefficient (Wildman–Crippen LogP) is 1.12. The molecule has 1 aromatic rings. The first kappa shape index (κ1) is 15.5. The van der Waals surface area contributed by atoms with Gasteiger partial charge in [-0.15, -0.1) is 0 Å². The number of amides is 1. The largest absolute Gasteiger partial charge is 0.493 e. The number of esters is 2. The van der Waals surface area contributed by atoms with E-state index in [0.717, 1.165) is 0 Å². The summed E-state index contributed by atoms with van der Waals surface area (Å²) in [7, 11) is 1.41. The van der Waals surface area contributed by atoms with Gasteiger partial charge >= 0.3 is 11.9 Å². The fraction of sp³-hybridized carbons (Fsp3) is 0.308. The van der Waals surface area contributed by atoms with Crippen molar-refractivity contribution in [3.8, 4) is 11.5 Å². The standard InChI is InChI=1S/C13H15NO6/c1-8(15)19-7-13(17)14-10-4-5-11(20-9(2)16)12(6-10)18-3/h4-6H,7H2,1-3H3,(H,14,17). The fourth-order valence-electron chi connectivity index (χ4n) is 1.35. The molecule has 1 rings (SSSR count). The van der Waals surface area contributed by atoms with E-state index in [4.69, 9.17) is 9.47 Å². The molecule has 1 amide bonds. The van der Waals surface area contributed by atoms with Crippen molar-refractivity contribution in [3.63, 3.8) is 0 Å². The van der Waals surface area contributed by atoms with E-state index in [9.17, 15) is 14.4 Å². The molecule has 0 radical (unpaired) electrons. The highest BCUT2D eigenvalue weighted by Crippen LogP contribution is 2.30. The maximum atomic E-state index is 11.5. The summed E-state index contributed by atoms with van der Waals surface area (Å²) in [6.45, 7) is 2.11. The predicted molar refractivity (Wildman–Crippen MR) is 69.6 cm³/mol. The molecule has 0 saturated heterocycles. The Kier molecular flexibility index (Phi) is 5.52. The maximum Gasteiger partial charge on any atom is 0.308 e. The van der Waals surface area contributed by atoms with Gasteiger partial charge in [-0.3, -0.25) is 14.4 Å². The number of ether oxygens (including phenoxy) is 3. The molecule has 0 fully saturated rings. The van der Waals surface area contributed by atoms with E-state index in [0.29, 0.717) is 11.4 Å². The van der Waals surface area contributed by atoms with Crippen LogP contribution in [0.1, 0.15) is 13.8 Å². The van der Waals surface area contributed by atoms with Gasteiger partial charge in [0.25, 0.3) is 5.91 Å². The summed E-state index contributed by atoms with van der Waals surface area (Å²) in [5.74, 6) is -0.955. The van der Waals surface area contributed by atoms with Crippen LogP contribution in [0.4, 0.5) is 5.69 Å². The van der Waals surface area contributed by atoms with E-state index >= 15 is 0 Å². The number of hydrogen-bond donors (Lipinski definition) is 1. The molecule has 0 aromatic heterocycles. The average molecular weight is 281 g/mol. The Hall–Kier alpha value is -2.57. The van der Waals surface area contributed by atoms with Crippen LogP contribution in [0.5, 0.6) is 11.5 Å². The van der Waals surface area contributed by atoms with Crippen molar-refractivity contribution in [2.24, 2.45) is 0 Å². The lowest BCUT2D eigenvalue weighted by Gasteiger charge is -2.10. The molecule has 0 spiro atoms. The molecule has 0 heterocycles. The van der Waals surface area contributed by atoms with Gasteiger partial charge in [-0.2, -0.15) is 0 Å². The quantitative estimate of drug-likeness (QED) is 0.642. The topological polar surface area (TPSA) is 90.9 Å². The summed E-state index contributed by atoms with van der Waals surface area (Å²) in [6, 6.07) is 4.51. The molecule has 0 aliphatic heterocycles. The number of carbonyl (C=O) groups is 3. The first-order chi connectivity index (χ1) is 9.42. The molecule has 0 atom stereocenters. The number of benzene rings is 1. The monoisotopic (exact) mass is 281 g/mol. The number of nitrogens with one attached hydrogen (secondary N) is 1. The lowest BCUT2D eigenvalue weighted by atomic mass is 10.2. The Labute approximate surface area is 115 Å². The average Bonchev–Trinajstić information content (AvgIpc) is 2.37. The zero-order valence-electron chi connectivity index (χ0n) is 11.4. The Morgan fingerprint density at radius 2 is 1.80 bits per heavy atom. The van der Waals surface area contributed by atoms with Gasteiger partial charge in [-0.25, -0.2) is 0 Å². The number of rotatable bonds is 5. The smallest absolute Gasteiger partial charge is 0.308 e. The summed E-state index contributed by atoms with van der Waals surface area (Å²) in [6.07, 6.45) is 0. The van der Waals surface area contributed by atoms with Crippen LogP contribution in [0.25, 0.3) is 0 Å². The van der Waals surface area contributed by atoms with E-state index in [1.807, 2.05) is 0 Å². The number of anilines is 1. The third-order valence-electron chi connectivity index (χ3n) is 2.11. The summed E-state index contributed by atoms with van der Waals surface area (Å²) in [4.78, 5) is 32.9. The van der Waals surface area contributed by atoms with E-state index in [-0.39, 0.29) is 12.4 Å². The molecule has 1 aromatic carbocycles. The van der Waals surface area contributed by atoms with Gasteiger partial charge in [-0.1, -0.05) is 0 Å². The third-order valence-corrected chi connectivity index (χ3v) is 2.11.